The number of likely N-dealkylation sites (N-methyl/N-ethyl adjacent to an activating group) is 1. The van der Waals surface area contributed by atoms with E-state index in [0.29, 0.717) is 36.3 Å². The summed E-state index contributed by atoms with van der Waals surface area (Å²) in [6.07, 6.45) is 2.33. The monoisotopic (exact) mass is 543 g/mol. The van der Waals surface area contributed by atoms with Crippen LogP contribution in [0.5, 0.6) is 0 Å². The van der Waals surface area contributed by atoms with E-state index in [-0.39, 0.29) is 29.8 Å². The second kappa shape index (κ2) is 12.5. The van der Waals surface area contributed by atoms with Crippen molar-refractivity contribution >= 4 is 34.4 Å². The zero-order valence-electron chi connectivity index (χ0n) is 23.1. The average Bonchev–Trinajstić information content (AvgIpc) is 2.93. The molecule has 0 unspecified atom stereocenters. The molecule has 0 saturated heterocycles. The predicted molar refractivity (Wildman–Crippen MR) is 153 cm³/mol. The lowest BCUT2D eigenvalue weighted by Gasteiger charge is -2.30. The standard InChI is InChI=1S/C30H33N5O5/c1-20-23(32-25(36)19-39-18-21-10-6-5-7-11-21)13-14-24-26(20)27(37)40-29(33-24)34-30(2,3)28(38)35(4)17-15-22-12-8-9-16-31-22/h5-14,16H,15,17-19H2,1-4H3,(H,32,36)(H,33,34). The average molecular weight is 544 g/mol. The summed E-state index contributed by atoms with van der Waals surface area (Å²) in [6, 6.07) is 18.4. The number of anilines is 2. The van der Waals surface area contributed by atoms with Crippen LogP contribution in [0.25, 0.3) is 10.9 Å². The fourth-order valence-corrected chi connectivity index (χ4v) is 4.26. The Morgan fingerprint density at radius 1 is 1.05 bits per heavy atom. The minimum absolute atomic E-state index is 0.0699. The van der Waals surface area contributed by atoms with E-state index in [4.69, 9.17) is 9.15 Å². The number of hydrogen-bond donors (Lipinski definition) is 2. The van der Waals surface area contributed by atoms with Gasteiger partial charge in [0.2, 0.25) is 11.8 Å². The van der Waals surface area contributed by atoms with Crippen molar-refractivity contribution in [3.63, 3.8) is 0 Å². The Hall–Kier alpha value is -4.57. The Kier molecular flexibility index (Phi) is 8.90. The van der Waals surface area contributed by atoms with Crippen LogP contribution in [0.2, 0.25) is 0 Å². The van der Waals surface area contributed by atoms with Crippen molar-refractivity contribution in [2.24, 2.45) is 0 Å². The largest absolute Gasteiger partial charge is 0.389 e. The van der Waals surface area contributed by atoms with Crippen molar-refractivity contribution in [1.29, 1.82) is 0 Å². The van der Waals surface area contributed by atoms with Gasteiger partial charge in [-0.05, 0) is 56.2 Å². The summed E-state index contributed by atoms with van der Waals surface area (Å²) in [4.78, 5) is 48.8. The van der Waals surface area contributed by atoms with E-state index in [1.54, 1.807) is 51.0 Å². The van der Waals surface area contributed by atoms with Crippen LogP contribution in [0.3, 0.4) is 0 Å². The molecule has 2 heterocycles. The molecule has 0 bridgehead atoms. The molecule has 0 aliphatic heterocycles. The number of aryl methyl sites for hydroxylation is 1. The number of aromatic nitrogens is 2. The Labute approximate surface area is 232 Å². The number of carbonyl (C=O) groups is 2. The summed E-state index contributed by atoms with van der Waals surface area (Å²) in [5.74, 6) is -0.543. The first kappa shape index (κ1) is 28.4. The van der Waals surface area contributed by atoms with Gasteiger partial charge in [0, 0.05) is 37.6 Å². The minimum atomic E-state index is -1.10. The molecule has 2 aromatic carbocycles. The van der Waals surface area contributed by atoms with Crippen LogP contribution in [0.1, 0.15) is 30.7 Å². The lowest BCUT2D eigenvalue weighted by Crippen LogP contribution is -2.49. The van der Waals surface area contributed by atoms with Crippen LogP contribution in [0.4, 0.5) is 11.7 Å². The maximum atomic E-state index is 13.1. The third-order valence-electron chi connectivity index (χ3n) is 6.41. The molecular formula is C30H33N5O5. The first-order valence-corrected chi connectivity index (χ1v) is 12.9. The maximum Gasteiger partial charge on any atom is 0.348 e. The summed E-state index contributed by atoms with van der Waals surface area (Å²) in [6.45, 7) is 5.75. The molecule has 2 N–H and O–H groups in total. The van der Waals surface area contributed by atoms with E-state index in [1.165, 1.54) is 0 Å². The third kappa shape index (κ3) is 7.09. The van der Waals surface area contributed by atoms with Crippen molar-refractivity contribution in [2.75, 3.05) is 30.8 Å². The number of ether oxygens (including phenoxy) is 1. The summed E-state index contributed by atoms with van der Waals surface area (Å²) in [5.41, 5.74) is 1.48. The molecule has 0 fully saturated rings. The molecule has 0 saturated carbocycles. The van der Waals surface area contributed by atoms with Gasteiger partial charge in [-0.1, -0.05) is 36.4 Å². The number of amides is 2. The van der Waals surface area contributed by atoms with Crippen LogP contribution in [-0.4, -0.2) is 52.4 Å². The number of hydrogen-bond acceptors (Lipinski definition) is 8. The number of rotatable bonds is 11. The number of pyridine rings is 1. The van der Waals surface area contributed by atoms with Gasteiger partial charge >= 0.3 is 5.63 Å². The quantitative estimate of drug-likeness (QED) is 0.291. The Balaban J connectivity index is 1.41. The molecular weight excluding hydrogens is 510 g/mol. The molecule has 0 radical (unpaired) electrons. The van der Waals surface area contributed by atoms with Gasteiger partial charge in [0.15, 0.2) is 0 Å². The molecule has 0 aliphatic carbocycles. The highest BCUT2D eigenvalue weighted by atomic mass is 16.5. The van der Waals surface area contributed by atoms with Gasteiger partial charge in [-0.25, -0.2) is 4.79 Å². The summed E-state index contributed by atoms with van der Waals surface area (Å²) in [5, 5.41) is 5.98. The second-order valence-electron chi connectivity index (χ2n) is 10.0. The molecule has 10 nitrogen and oxygen atoms in total. The van der Waals surface area contributed by atoms with Crippen molar-refractivity contribution < 1.29 is 18.7 Å². The van der Waals surface area contributed by atoms with E-state index in [2.05, 4.69) is 20.6 Å². The number of nitrogens with one attached hydrogen (secondary N) is 2. The smallest absolute Gasteiger partial charge is 0.348 e. The lowest BCUT2D eigenvalue weighted by atomic mass is 10.0. The van der Waals surface area contributed by atoms with Gasteiger partial charge in [0.25, 0.3) is 6.01 Å². The first-order valence-electron chi connectivity index (χ1n) is 12.9. The SMILES string of the molecule is Cc1c(NC(=O)COCc2ccccc2)ccc2nc(NC(C)(C)C(=O)N(C)CCc3ccccn3)oc(=O)c12. The molecule has 10 heteroatoms. The van der Waals surface area contributed by atoms with E-state index in [1.807, 2.05) is 48.5 Å². The molecule has 0 spiro atoms. The van der Waals surface area contributed by atoms with Gasteiger partial charge in [-0.3, -0.25) is 14.6 Å². The predicted octanol–water partition coefficient (Wildman–Crippen LogP) is 3.94. The number of nitrogens with zero attached hydrogens (tertiary/aromatic N) is 3. The Bertz CT molecular complexity index is 1540. The molecule has 4 rings (SSSR count). The Morgan fingerprint density at radius 2 is 1.80 bits per heavy atom. The Morgan fingerprint density at radius 3 is 2.52 bits per heavy atom. The summed E-state index contributed by atoms with van der Waals surface area (Å²) >= 11 is 0. The molecule has 0 aliphatic rings. The molecule has 2 amide bonds. The normalized spacial score (nSPS) is 11.3. The minimum Gasteiger partial charge on any atom is -0.389 e. The van der Waals surface area contributed by atoms with E-state index >= 15 is 0 Å². The zero-order valence-corrected chi connectivity index (χ0v) is 23.1. The molecule has 40 heavy (non-hydrogen) atoms. The van der Waals surface area contributed by atoms with Gasteiger partial charge in [-0.15, -0.1) is 0 Å². The van der Waals surface area contributed by atoms with Gasteiger partial charge in [0.05, 0.1) is 17.5 Å². The van der Waals surface area contributed by atoms with Gasteiger partial charge in [0.1, 0.15) is 12.1 Å². The zero-order chi connectivity index (χ0) is 28.7. The van der Waals surface area contributed by atoms with Crippen molar-refractivity contribution in [2.45, 2.75) is 39.3 Å². The number of benzene rings is 2. The maximum absolute atomic E-state index is 13.1. The molecule has 2 aromatic heterocycles. The molecule has 0 atom stereocenters. The van der Waals surface area contributed by atoms with Gasteiger partial charge < -0.3 is 24.7 Å². The van der Waals surface area contributed by atoms with Crippen LogP contribution in [0, 0.1) is 6.92 Å². The number of fused-ring (bicyclic) bond motifs is 1. The van der Waals surface area contributed by atoms with Gasteiger partial charge in [-0.2, -0.15) is 4.98 Å². The highest BCUT2D eigenvalue weighted by molar-refractivity contribution is 5.96. The second-order valence-corrected chi connectivity index (χ2v) is 10.0. The third-order valence-corrected chi connectivity index (χ3v) is 6.41. The molecule has 208 valence electrons. The van der Waals surface area contributed by atoms with Crippen molar-refractivity contribution in [1.82, 2.24) is 14.9 Å². The highest BCUT2D eigenvalue weighted by Crippen LogP contribution is 2.24. The van der Waals surface area contributed by atoms with Crippen LogP contribution < -0.4 is 16.3 Å². The van der Waals surface area contributed by atoms with Crippen LogP contribution >= 0.6 is 0 Å². The topological polar surface area (TPSA) is 127 Å². The first-order chi connectivity index (χ1) is 19.1. The van der Waals surface area contributed by atoms with E-state index in [9.17, 15) is 14.4 Å². The van der Waals surface area contributed by atoms with Crippen molar-refractivity contribution in [3.05, 3.63) is 94.1 Å². The summed E-state index contributed by atoms with van der Waals surface area (Å²) < 4.78 is 10.9. The fraction of sp³-hybridized carbons (Fsp3) is 0.300. The van der Waals surface area contributed by atoms with E-state index in [0.717, 1.165) is 11.3 Å². The summed E-state index contributed by atoms with van der Waals surface area (Å²) in [7, 11) is 1.71. The van der Waals surface area contributed by atoms with E-state index < -0.39 is 11.2 Å². The fourth-order valence-electron chi connectivity index (χ4n) is 4.26. The lowest BCUT2D eigenvalue weighted by molar-refractivity contribution is -0.133. The van der Waals surface area contributed by atoms with Crippen molar-refractivity contribution in [3.8, 4) is 0 Å². The van der Waals surface area contributed by atoms with Crippen LogP contribution in [0.15, 0.2) is 76.1 Å². The van der Waals surface area contributed by atoms with Crippen LogP contribution in [-0.2, 0) is 27.4 Å². The molecule has 4 aromatic rings. The highest BCUT2D eigenvalue weighted by Gasteiger charge is 2.32. The number of carbonyl (C=O) groups excluding carboxylic acids is 2.